The molecular weight excluding hydrogens is 252 g/mol. The van der Waals surface area contributed by atoms with Gasteiger partial charge in [-0.3, -0.25) is 4.79 Å². The fourth-order valence-corrected chi connectivity index (χ4v) is 2.42. The molecule has 0 aromatic heterocycles. The zero-order valence-corrected chi connectivity index (χ0v) is 10.8. The van der Waals surface area contributed by atoms with Gasteiger partial charge in [0.2, 0.25) is 0 Å². The van der Waals surface area contributed by atoms with Crippen LogP contribution in [0.5, 0.6) is 0 Å². The van der Waals surface area contributed by atoms with Gasteiger partial charge in [0.15, 0.2) is 5.78 Å². The van der Waals surface area contributed by atoms with E-state index in [1.165, 1.54) is 0 Å². The zero-order chi connectivity index (χ0) is 14.1. The fourth-order valence-electron chi connectivity index (χ4n) is 2.42. The van der Waals surface area contributed by atoms with Crippen molar-refractivity contribution in [2.24, 2.45) is 0 Å². The quantitative estimate of drug-likeness (QED) is 0.631. The van der Waals surface area contributed by atoms with Gasteiger partial charge in [0.05, 0.1) is 0 Å². The van der Waals surface area contributed by atoms with E-state index >= 15 is 0 Å². The van der Waals surface area contributed by atoms with Crippen LogP contribution in [0, 0.1) is 0 Å². The molecule has 0 fully saturated rings. The number of carbonyl (C=O) groups excluding carboxylic acids is 2. The van der Waals surface area contributed by atoms with Crippen LogP contribution in [0.1, 0.15) is 15.9 Å². The molecule has 20 heavy (non-hydrogen) atoms. The van der Waals surface area contributed by atoms with E-state index in [0.29, 0.717) is 11.1 Å². The predicted octanol–water partition coefficient (Wildman–Crippen LogP) is 3.15. The highest BCUT2D eigenvalue weighted by atomic mass is 16.5. The van der Waals surface area contributed by atoms with Crippen molar-refractivity contribution in [3.8, 4) is 0 Å². The lowest BCUT2D eigenvalue weighted by atomic mass is 9.88. The van der Waals surface area contributed by atoms with Crippen molar-refractivity contribution in [3.05, 3.63) is 65.8 Å². The van der Waals surface area contributed by atoms with Crippen LogP contribution in [0.3, 0.4) is 0 Å². The average molecular weight is 264 g/mol. The Labute approximate surface area is 116 Å². The van der Waals surface area contributed by atoms with Gasteiger partial charge in [-0.15, -0.1) is 0 Å². The van der Waals surface area contributed by atoms with E-state index < -0.39 is 5.97 Å². The molecule has 0 aliphatic heterocycles. The van der Waals surface area contributed by atoms with Crippen molar-refractivity contribution in [1.29, 1.82) is 0 Å². The van der Waals surface area contributed by atoms with Crippen LogP contribution < -0.4 is 0 Å². The van der Waals surface area contributed by atoms with Gasteiger partial charge >= 0.3 is 5.97 Å². The van der Waals surface area contributed by atoms with Gasteiger partial charge in [-0.2, -0.15) is 0 Å². The van der Waals surface area contributed by atoms with Crippen LogP contribution in [0.2, 0.25) is 0 Å². The molecular formula is C17H12O3. The first-order valence-electron chi connectivity index (χ1n) is 6.27. The van der Waals surface area contributed by atoms with Crippen LogP contribution >= 0.6 is 0 Å². The summed E-state index contributed by atoms with van der Waals surface area (Å²) in [7, 11) is 0. The Morgan fingerprint density at radius 1 is 1.20 bits per heavy atom. The Bertz CT molecular complexity index is 764. The minimum absolute atomic E-state index is 0.0333. The summed E-state index contributed by atoms with van der Waals surface area (Å²) in [6, 6.07) is 11.5. The van der Waals surface area contributed by atoms with Gasteiger partial charge in [0.25, 0.3) is 0 Å². The van der Waals surface area contributed by atoms with Crippen LogP contribution in [-0.2, 0) is 9.53 Å². The monoisotopic (exact) mass is 264 g/mol. The largest absolute Gasteiger partial charge is 0.458 e. The molecule has 0 saturated heterocycles. The summed E-state index contributed by atoms with van der Waals surface area (Å²) >= 11 is 0. The third kappa shape index (κ3) is 1.93. The standard InChI is InChI=1S/C17H12O3/c1-2-15(18)20-10-13-9-12-7-3-5-11-6-4-8-14(16(11)12)17(13)19/h2-9H,1,10H2. The van der Waals surface area contributed by atoms with Crippen LogP contribution in [-0.4, -0.2) is 18.4 Å². The summed E-state index contributed by atoms with van der Waals surface area (Å²) in [5.74, 6) is -0.623. The first-order chi connectivity index (χ1) is 9.70. The fraction of sp³-hybridized carbons (Fsp3) is 0.0588. The molecule has 0 N–H and O–H groups in total. The summed E-state index contributed by atoms with van der Waals surface area (Å²) < 4.78 is 4.97. The van der Waals surface area contributed by atoms with Crippen molar-refractivity contribution in [2.75, 3.05) is 6.61 Å². The molecule has 0 radical (unpaired) electrons. The van der Waals surface area contributed by atoms with E-state index in [4.69, 9.17) is 4.74 Å². The Morgan fingerprint density at radius 2 is 1.95 bits per heavy atom. The van der Waals surface area contributed by atoms with Crippen molar-refractivity contribution in [3.63, 3.8) is 0 Å². The molecule has 0 heterocycles. The summed E-state index contributed by atoms with van der Waals surface area (Å²) in [6.07, 6.45) is 2.87. The number of ether oxygens (including phenoxy) is 1. The van der Waals surface area contributed by atoms with E-state index in [0.717, 1.165) is 22.4 Å². The number of Topliss-reactive ketones (excluding diaryl/α,β-unsaturated/α-hetero) is 1. The number of carbonyl (C=O) groups is 2. The van der Waals surface area contributed by atoms with Crippen LogP contribution in [0.4, 0.5) is 0 Å². The van der Waals surface area contributed by atoms with Gasteiger partial charge in [0.1, 0.15) is 6.61 Å². The van der Waals surface area contributed by atoms with Gasteiger partial charge in [-0.1, -0.05) is 43.0 Å². The van der Waals surface area contributed by atoms with Gasteiger partial charge < -0.3 is 4.74 Å². The Hall–Kier alpha value is -2.68. The maximum Gasteiger partial charge on any atom is 0.330 e. The highest BCUT2D eigenvalue weighted by Crippen LogP contribution is 2.31. The lowest BCUT2D eigenvalue weighted by molar-refractivity contribution is -0.136. The first kappa shape index (κ1) is 12.4. The minimum Gasteiger partial charge on any atom is -0.458 e. The molecule has 0 saturated carbocycles. The third-order valence-corrected chi connectivity index (χ3v) is 3.34. The summed E-state index contributed by atoms with van der Waals surface area (Å²) in [6.45, 7) is 3.30. The predicted molar refractivity (Wildman–Crippen MR) is 77.4 cm³/mol. The normalized spacial score (nSPS) is 13.0. The number of hydrogen-bond acceptors (Lipinski definition) is 3. The molecule has 98 valence electrons. The lowest BCUT2D eigenvalue weighted by Gasteiger charge is -2.16. The molecule has 0 atom stereocenters. The second kappa shape index (κ2) is 4.78. The number of hydrogen-bond donors (Lipinski definition) is 0. The molecule has 0 amide bonds. The molecule has 0 unspecified atom stereocenters. The van der Waals surface area contributed by atoms with E-state index in [2.05, 4.69) is 6.58 Å². The molecule has 1 aliphatic rings. The molecule has 1 aliphatic carbocycles. The smallest absolute Gasteiger partial charge is 0.330 e. The first-order valence-corrected chi connectivity index (χ1v) is 6.27. The van der Waals surface area contributed by atoms with E-state index in [-0.39, 0.29) is 12.4 Å². The maximum absolute atomic E-state index is 12.4. The zero-order valence-electron chi connectivity index (χ0n) is 10.8. The number of esters is 1. The number of rotatable bonds is 3. The van der Waals surface area contributed by atoms with E-state index in [9.17, 15) is 9.59 Å². The molecule has 3 heteroatoms. The lowest BCUT2D eigenvalue weighted by Crippen LogP contribution is -2.15. The Morgan fingerprint density at radius 3 is 2.70 bits per heavy atom. The molecule has 2 aromatic rings. The number of benzene rings is 2. The maximum atomic E-state index is 12.4. The third-order valence-electron chi connectivity index (χ3n) is 3.34. The molecule has 3 rings (SSSR count). The van der Waals surface area contributed by atoms with E-state index in [1.54, 1.807) is 12.1 Å². The van der Waals surface area contributed by atoms with Gasteiger partial charge in [-0.05, 0) is 17.0 Å². The van der Waals surface area contributed by atoms with Crippen molar-refractivity contribution in [2.45, 2.75) is 0 Å². The van der Waals surface area contributed by atoms with Crippen molar-refractivity contribution >= 4 is 28.6 Å². The molecule has 2 aromatic carbocycles. The highest BCUT2D eigenvalue weighted by molar-refractivity contribution is 6.22. The number of ketones is 1. The van der Waals surface area contributed by atoms with Gasteiger partial charge in [-0.25, -0.2) is 4.79 Å². The van der Waals surface area contributed by atoms with Gasteiger partial charge in [0, 0.05) is 22.6 Å². The molecule has 0 spiro atoms. The molecule has 0 bridgehead atoms. The van der Waals surface area contributed by atoms with Crippen LogP contribution in [0.15, 0.2) is 54.6 Å². The van der Waals surface area contributed by atoms with E-state index in [1.807, 2.05) is 30.3 Å². The average Bonchev–Trinajstić information content (AvgIpc) is 2.49. The summed E-state index contributed by atoms with van der Waals surface area (Å²) in [5.41, 5.74) is 2.11. The second-order valence-corrected chi connectivity index (χ2v) is 4.56. The second-order valence-electron chi connectivity index (χ2n) is 4.56. The summed E-state index contributed by atoms with van der Waals surface area (Å²) in [4.78, 5) is 23.5. The SMILES string of the molecule is C=CC(=O)OCC1=Cc2cccc3cccc(c23)C1=O. The Balaban J connectivity index is 2.06. The van der Waals surface area contributed by atoms with Crippen molar-refractivity contribution in [1.82, 2.24) is 0 Å². The Kier molecular flexibility index (Phi) is 2.95. The van der Waals surface area contributed by atoms with Crippen molar-refractivity contribution < 1.29 is 14.3 Å². The topological polar surface area (TPSA) is 43.4 Å². The highest BCUT2D eigenvalue weighted by Gasteiger charge is 2.22. The molecule has 3 nitrogen and oxygen atoms in total. The van der Waals surface area contributed by atoms with Crippen LogP contribution in [0.25, 0.3) is 16.8 Å². The summed E-state index contributed by atoms with van der Waals surface area (Å²) in [5, 5.41) is 1.99. The minimum atomic E-state index is -0.532.